The number of quaternary nitrogens is 2. The van der Waals surface area contributed by atoms with E-state index < -0.39 is 0 Å². The van der Waals surface area contributed by atoms with Gasteiger partial charge in [0.1, 0.15) is 26.3 Å². The number of rotatable bonds is 6. The van der Waals surface area contributed by atoms with Gasteiger partial charge in [0, 0.05) is 13.8 Å². The Balaban J connectivity index is -0.000000135. The number of likely N-dealkylation sites (N-methyl/N-ethyl adjacent to an activating group) is 2. The summed E-state index contributed by atoms with van der Waals surface area (Å²) in [6.45, 7) is 5.60. The van der Waals surface area contributed by atoms with Crippen LogP contribution in [0.3, 0.4) is 0 Å². The van der Waals surface area contributed by atoms with Gasteiger partial charge in [-0.3, -0.25) is 9.59 Å². The van der Waals surface area contributed by atoms with Gasteiger partial charge in [-0.1, -0.05) is 0 Å². The Morgan fingerprint density at radius 1 is 0.682 bits per heavy atom. The minimum atomic E-state index is -0.201. The summed E-state index contributed by atoms with van der Waals surface area (Å²) in [6.07, 6.45) is 0. The Labute approximate surface area is 147 Å². The van der Waals surface area contributed by atoms with Crippen LogP contribution in [0.15, 0.2) is 0 Å². The van der Waals surface area contributed by atoms with Crippen LogP contribution in [-0.4, -0.2) is 89.5 Å². The van der Waals surface area contributed by atoms with E-state index >= 15 is 0 Å². The summed E-state index contributed by atoms with van der Waals surface area (Å²) in [5.74, 6) is -0.401. The monoisotopic (exact) mass is 362 g/mol. The van der Waals surface area contributed by atoms with Gasteiger partial charge in [0.15, 0.2) is 0 Å². The fourth-order valence-electron chi connectivity index (χ4n) is 0.926. The van der Waals surface area contributed by atoms with E-state index in [9.17, 15) is 9.59 Å². The van der Waals surface area contributed by atoms with E-state index in [-0.39, 0.29) is 36.8 Å². The first-order chi connectivity index (χ1) is 8.83. The van der Waals surface area contributed by atoms with Crippen LogP contribution in [0.25, 0.3) is 0 Å². The minimum absolute atomic E-state index is 0. The summed E-state index contributed by atoms with van der Waals surface area (Å²) < 4.78 is 11.2. The van der Waals surface area contributed by atoms with Gasteiger partial charge >= 0.3 is 11.9 Å². The molecule has 0 amide bonds. The highest BCUT2D eigenvalue weighted by atomic mass is 35.5. The highest BCUT2D eigenvalue weighted by Crippen LogP contribution is 1.89. The number of halogens is 2. The lowest BCUT2D eigenvalue weighted by molar-refractivity contribution is -0.870. The Kier molecular flexibility index (Phi) is 18.8. The van der Waals surface area contributed by atoms with Crippen LogP contribution in [0.4, 0.5) is 0 Å². The van der Waals surface area contributed by atoms with Crippen LogP contribution < -0.4 is 24.8 Å². The van der Waals surface area contributed by atoms with Crippen molar-refractivity contribution in [2.75, 3.05) is 68.6 Å². The maximum absolute atomic E-state index is 10.3. The third kappa shape index (κ3) is 36.6. The van der Waals surface area contributed by atoms with E-state index in [1.165, 1.54) is 13.8 Å². The van der Waals surface area contributed by atoms with Gasteiger partial charge in [-0.25, -0.2) is 0 Å². The van der Waals surface area contributed by atoms with E-state index in [0.717, 1.165) is 22.1 Å². The molecule has 0 bridgehead atoms. The summed E-state index contributed by atoms with van der Waals surface area (Å²) in [5.41, 5.74) is 0. The van der Waals surface area contributed by atoms with Crippen LogP contribution in [0.5, 0.6) is 0 Å². The zero-order valence-electron chi connectivity index (χ0n) is 15.1. The van der Waals surface area contributed by atoms with Crippen molar-refractivity contribution in [2.24, 2.45) is 0 Å². The van der Waals surface area contributed by atoms with E-state index in [1.54, 1.807) is 0 Å². The summed E-state index contributed by atoms with van der Waals surface area (Å²) >= 11 is 0. The molecule has 0 aromatic heterocycles. The van der Waals surface area contributed by atoms with Gasteiger partial charge in [0.2, 0.25) is 0 Å². The molecule has 0 heterocycles. The molecule has 0 unspecified atom stereocenters. The van der Waals surface area contributed by atoms with E-state index in [1.807, 2.05) is 0 Å². The van der Waals surface area contributed by atoms with Crippen molar-refractivity contribution in [3.8, 4) is 0 Å². The molecule has 0 saturated heterocycles. The lowest BCUT2D eigenvalue weighted by atomic mass is 10.5. The summed E-state index contributed by atoms with van der Waals surface area (Å²) in [5, 5.41) is 0. The van der Waals surface area contributed by atoms with E-state index in [2.05, 4.69) is 42.3 Å². The molecule has 8 heteroatoms. The number of carbonyl (C=O) groups excluding carboxylic acids is 2. The smallest absolute Gasteiger partial charge is 0.302 e. The predicted octanol–water partition coefficient (Wildman–Crippen LogP) is -5.48. The highest BCUT2D eigenvalue weighted by molar-refractivity contribution is 5.66. The molecular weight excluding hydrogens is 331 g/mol. The fraction of sp³-hybridized carbons (Fsp3) is 0.857. The van der Waals surface area contributed by atoms with Gasteiger partial charge in [-0.05, 0) is 0 Å². The Hall–Kier alpha value is -0.560. The first-order valence-electron chi connectivity index (χ1n) is 6.71. The molecule has 0 aromatic carbocycles. The Morgan fingerprint density at radius 2 is 0.909 bits per heavy atom. The van der Waals surface area contributed by atoms with Crippen molar-refractivity contribution in [2.45, 2.75) is 13.8 Å². The standard InChI is InChI=1S/2C7H16NO2.2ClH/c2*1-7(9)10-6-5-8(2,3)4;;/h2*5-6H2,1-4H3;2*1H/q2*+1;;/p-2. The van der Waals surface area contributed by atoms with Crippen molar-refractivity contribution >= 4 is 11.9 Å². The van der Waals surface area contributed by atoms with Crippen LogP contribution in [0.1, 0.15) is 13.8 Å². The van der Waals surface area contributed by atoms with Gasteiger partial charge in [-0.15, -0.1) is 0 Å². The van der Waals surface area contributed by atoms with Gasteiger partial charge < -0.3 is 43.3 Å². The zero-order valence-corrected chi connectivity index (χ0v) is 16.6. The van der Waals surface area contributed by atoms with Crippen LogP contribution >= 0.6 is 0 Å². The molecule has 0 aliphatic heterocycles. The maximum Gasteiger partial charge on any atom is 0.302 e. The number of carbonyl (C=O) groups is 2. The average Bonchev–Trinajstić information content (AvgIpc) is 2.12. The third-order valence-electron chi connectivity index (χ3n) is 2.13. The molecule has 0 aromatic rings. The van der Waals surface area contributed by atoms with Gasteiger partial charge in [0.25, 0.3) is 0 Å². The average molecular weight is 363 g/mol. The van der Waals surface area contributed by atoms with Crippen LogP contribution in [0, 0.1) is 0 Å². The van der Waals surface area contributed by atoms with Crippen molar-refractivity contribution in [1.29, 1.82) is 0 Å². The van der Waals surface area contributed by atoms with Crippen molar-refractivity contribution in [1.82, 2.24) is 0 Å². The molecule has 22 heavy (non-hydrogen) atoms. The zero-order chi connectivity index (χ0) is 16.4. The second kappa shape index (κ2) is 14.1. The van der Waals surface area contributed by atoms with E-state index in [4.69, 9.17) is 9.47 Å². The SMILES string of the molecule is CC(=O)OCC[N+](C)(C)C.CC(=O)OCC[N+](C)(C)C.[Cl-].[Cl-]. The van der Waals surface area contributed by atoms with Gasteiger partial charge in [0.05, 0.1) is 42.3 Å². The second-order valence-corrected chi connectivity index (χ2v) is 6.71. The lowest BCUT2D eigenvalue weighted by Gasteiger charge is -2.23. The Bertz CT molecular complexity index is 270. The van der Waals surface area contributed by atoms with Gasteiger partial charge in [-0.2, -0.15) is 0 Å². The minimum Gasteiger partial charge on any atom is -1.00 e. The van der Waals surface area contributed by atoms with Crippen molar-refractivity contribution < 1.29 is 52.8 Å². The number of hydrogen-bond acceptors (Lipinski definition) is 4. The molecular formula is C14H32Cl2N2O4. The summed E-state index contributed by atoms with van der Waals surface area (Å²) in [7, 11) is 12.4. The first-order valence-corrected chi connectivity index (χ1v) is 6.71. The number of hydrogen-bond donors (Lipinski definition) is 0. The first kappa shape index (κ1) is 29.5. The predicted molar refractivity (Wildman–Crippen MR) is 79.1 cm³/mol. The molecule has 0 aliphatic rings. The maximum atomic E-state index is 10.3. The Morgan fingerprint density at radius 3 is 1.05 bits per heavy atom. The second-order valence-electron chi connectivity index (χ2n) is 6.71. The molecule has 136 valence electrons. The molecule has 0 atom stereocenters. The molecule has 0 aliphatic carbocycles. The summed E-state index contributed by atoms with van der Waals surface area (Å²) in [6, 6.07) is 0. The molecule has 6 nitrogen and oxygen atoms in total. The third-order valence-corrected chi connectivity index (χ3v) is 2.13. The quantitative estimate of drug-likeness (QED) is 0.349. The molecule has 0 N–H and O–H groups in total. The summed E-state index contributed by atoms with van der Waals surface area (Å²) in [4.78, 5) is 20.6. The number of nitrogens with zero attached hydrogens (tertiary/aromatic N) is 2. The fourth-order valence-corrected chi connectivity index (χ4v) is 0.926. The largest absolute Gasteiger partial charge is 1.00 e. The molecule has 0 radical (unpaired) electrons. The molecule has 0 fully saturated rings. The van der Waals surface area contributed by atoms with Crippen LogP contribution in [0.2, 0.25) is 0 Å². The topological polar surface area (TPSA) is 52.6 Å². The van der Waals surface area contributed by atoms with E-state index in [0.29, 0.717) is 13.2 Å². The van der Waals surface area contributed by atoms with Crippen molar-refractivity contribution in [3.63, 3.8) is 0 Å². The highest BCUT2D eigenvalue weighted by Gasteiger charge is 2.07. The van der Waals surface area contributed by atoms with Crippen LogP contribution in [-0.2, 0) is 19.1 Å². The lowest BCUT2D eigenvalue weighted by Crippen LogP contribution is -3.00. The molecule has 0 rings (SSSR count). The molecule has 0 spiro atoms. The normalized spacial score (nSPS) is 10.2. The molecule has 0 saturated carbocycles. The number of esters is 2. The van der Waals surface area contributed by atoms with Crippen molar-refractivity contribution in [3.05, 3.63) is 0 Å². The number of ether oxygens (including phenoxy) is 2.